The maximum absolute atomic E-state index is 12.5. The number of rotatable bonds is 7. The SMILES string of the molecule is CC(C)(C)OC(=O)NC1(CNC(=O)CCc2nc(-c3ccncc3)no2)CCCCCC1. The lowest BCUT2D eigenvalue weighted by atomic mass is 9.90. The summed E-state index contributed by atoms with van der Waals surface area (Å²) in [6.45, 7) is 5.89. The van der Waals surface area contributed by atoms with Gasteiger partial charge in [0.05, 0.1) is 5.54 Å². The molecule has 1 aliphatic rings. The van der Waals surface area contributed by atoms with Crippen molar-refractivity contribution in [1.82, 2.24) is 25.8 Å². The molecular weight excluding hydrogens is 410 g/mol. The van der Waals surface area contributed by atoms with Crippen LogP contribution < -0.4 is 10.6 Å². The number of hydrogen-bond donors (Lipinski definition) is 2. The molecule has 2 aromatic rings. The number of hydrogen-bond acceptors (Lipinski definition) is 7. The molecule has 0 spiro atoms. The van der Waals surface area contributed by atoms with Gasteiger partial charge in [-0.1, -0.05) is 30.8 Å². The molecule has 32 heavy (non-hydrogen) atoms. The van der Waals surface area contributed by atoms with Crippen LogP contribution >= 0.6 is 0 Å². The Morgan fingerprint density at radius 2 is 1.81 bits per heavy atom. The maximum atomic E-state index is 12.5. The van der Waals surface area contributed by atoms with Crippen LogP contribution in [0.4, 0.5) is 4.79 Å². The molecule has 2 aromatic heterocycles. The van der Waals surface area contributed by atoms with Crippen LogP contribution in [0.25, 0.3) is 11.4 Å². The second-order valence-corrected chi connectivity index (χ2v) is 9.35. The molecule has 9 heteroatoms. The van der Waals surface area contributed by atoms with E-state index in [1.54, 1.807) is 24.5 Å². The van der Waals surface area contributed by atoms with E-state index in [0.717, 1.165) is 44.1 Å². The number of aryl methyl sites for hydroxylation is 1. The first-order valence-electron chi connectivity index (χ1n) is 11.3. The standard InChI is InChI=1S/C23H33N5O4/c1-22(2,3)31-21(30)27-23(12-6-4-5-7-13-23)16-25-18(29)8-9-19-26-20(28-32-19)17-10-14-24-15-11-17/h10-11,14-15H,4-9,12-13,16H2,1-3H3,(H,25,29)(H,27,30). The minimum absolute atomic E-state index is 0.122. The molecule has 3 rings (SSSR count). The van der Waals surface area contributed by atoms with Gasteiger partial charge in [-0.25, -0.2) is 4.79 Å². The molecule has 2 N–H and O–H groups in total. The fraction of sp³-hybridized carbons (Fsp3) is 0.609. The largest absolute Gasteiger partial charge is 0.444 e. The third-order valence-electron chi connectivity index (χ3n) is 5.42. The fourth-order valence-electron chi connectivity index (χ4n) is 3.82. The van der Waals surface area contributed by atoms with E-state index < -0.39 is 17.2 Å². The van der Waals surface area contributed by atoms with Crippen LogP contribution in [0.2, 0.25) is 0 Å². The molecule has 0 aliphatic heterocycles. The van der Waals surface area contributed by atoms with Gasteiger partial charge in [-0.3, -0.25) is 9.78 Å². The summed E-state index contributed by atoms with van der Waals surface area (Å²) in [4.78, 5) is 33.3. The average Bonchev–Trinajstić information content (AvgIpc) is 3.10. The zero-order valence-corrected chi connectivity index (χ0v) is 19.1. The van der Waals surface area contributed by atoms with Gasteiger partial charge in [0.15, 0.2) is 0 Å². The third kappa shape index (κ3) is 7.32. The van der Waals surface area contributed by atoms with Crippen LogP contribution in [0.15, 0.2) is 29.0 Å². The van der Waals surface area contributed by atoms with Crippen LogP contribution in [-0.4, -0.2) is 44.8 Å². The van der Waals surface area contributed by atoms with Crippen molar-refractivity contribution in [2.45, 2.75) is 83.3 Å². The van der Waals surface area contributed by atoms with Crippen molar-refractivity contribution in [2.24, 2.45) is 0 Å². The van der Waals surface area contributed by atoms with Gasteiger partial charge in [0.2, 0.25) is 17.6 Å². The van der Waals surface area contributed by atoms with Gasteiger partial charge in [0.1, 0.15) is 5.60 Å². The van der Waals surface area contributed by atoms with E-state index in [1.807, 2.05) is 20.8 Å². The summed E-state index contributed by atoms with van der Waals surface area (Å²) in [6.07, 6.45) is 9.33. The van der Waals surface area contributed by atoms with E-state index in [2.05, 4.69) is 25.8 Å². The molecular formula is C23H33N5O4. The van der Waals surface area contributed by atoms with Crippen molar-refractivity contribution in [3.05, 3.63) is 30.4 Å². The van der Waals surface area contributed by atoms with Gasteiger partial charge in [0.25, 0.3) is 0 Å². The summed E-state index contributed by atoms with van der Waals surface area (Å²) < 4.78 is 10.7. The summed E-state index contributed by atoms with van der Waals surface area (Å²) in [5.74, 6) is 0.757. The predicted octanol–water partition coefficient (Wildman–Crippen LogP) is 3.80. The average molecular weight is 444 g/mol. The number of ether oxygens (including phenoxy) is 1. The van der Waals surface area contributed by atoms with Gasteiger partial charge in [-0.15, -0.1) is 0 Å². The topological polar surface area (TPSA) is 119 Å². The molecule has 9 nitrogen and oxygen atoms in total. The molecule has 0 radical (unpaired) electrons. The second-order valence-electron chi connectivity index (χ2n) is 9.35. The zero-order valence-electron chi connectivity index (χ0n) is 19.1. The molecule has 1 saturated carbocycles. The highest BCUT2D eigenvalue weighted by Crippen LogP contribution is 2.27. The second kappa shape index (κ2) is 10.6. The Kier molecular flexibility index (Phi) is 7.82. The number of pyridine rings is 1. The predicted molar refractivity (Wildman–Crippen MR) is 119 cm³/mol. The molecule has 0 atom stereocenters. The highest BCUT2D eigenvalue weighted by Gasteiger charge is 2.34. The first kappa shape index (κ1) is 23.7. The van der Waals surface area contributed by atoms with E-state index in [4.69, 9.17) is 9.26 Å². The number of carbonyl (C=O) groups is 2. The van der Waals surface area contributed by atoms with E-state index in [0.29, 0.717) is 24.7 Å². The van der Waals surface area contributed by atoms with E-state index in [-0.39, 0.29) is 12.3 Å². The van der Waals surface area contributed by atoms with Crippen molar-refractivity contribution in [3.8, 4) is 11.4 Å². The first-order valence-corrected chi connectivity index (χ1v) is 11.3. The summed E-state index contributed by atoms with van der Waals surface area (Å²) >= 11 is 0. The smallest absolute Gasteiger partial charge is 0.408 e. The molecule has 0 saturated heterocycles. The first-order chi connectivity index (χ1) is 15.2. The van der Waals surface area contributed by atoms with Gasteiger partial charge >= 0.3 is 6.09 Å². The minimum Gasteiger partial charge on any atom is -0.444 e. The molecule has 0 unspecified atom stereocenters. The van der Waals surface area contributed by atoms with Gasteiger partial charge in [0, 0.05) is 37.3 Å². The number of carbonyl (C=O) groups excluding carboxylic acids is 2. The van der Waals surface area contributed by atoms with Gasteiger partial charge in [-0.05, 0) is 45.7 Å². The number of aromatic nitrogens is 3. The Morgan fingerprint density at radius 1 is 1.12 bits per heavy atom. The Labute approximate surface area is 188 Å². The minimum atomic E-state index is -0.571. The van der Waals surface area contributed by atoms with E-state index in [1.165, 1.54) is 0 Å². The Hall–Kier alpha value is -2.97. The summed E-state index contributed by atoms with van der Waals surface area (Å²) in [7, 11) is 0. The quantitative estimate of drug-likeness (QED) is 0.625. The van der Waals surface area contributed by atoms with Crippen molar-refractivity contribution in [2.75, 3.05) is 6.54 Å². The van der Waals surface area contributed by atoms with Crippen molar-refractivity contribution in [3.63, 3.8) is 0 Å². The number of amides is 2. The van der Waals surface area contributed by atoms with E-state index >= 15 is 0 Å². The van der Waals surface area contributed by atoms with Crippen LogP contribution in [0.1, 0.15) is 71.6 Å². The lowest BCUT2D eigenvalue weighted by Gasteiger charge is -2.35. The number of nitrogens with one attached hydrogen (secondary N) is 2. The molecule has 2 heterocycles. The Bertz CT molecular complexity index is 883. The summed E-state index contributed by atoms with van der Waals surface area (Å²) in [5.41, 5.74) is -0.255. The van der Waals surface area contributed by atoms with Crippen molar-refractivity contribution < 1.29 is 18.8 Å². The lowest BCUT2D eigenvalue weighted by Crippen LogP contribution is -2.56. The molecule has 0 bridgehead atoms. The Morgan fingerprint density at radius 3 is 2.47 bits per heavy atom. The highest BCUT2D eigenvalue weighted by molar-refractivity contribution is 5.76. The van der Waals surface area contributed by atoms with E-state index in [9.17, 15) is 9.59 Å². The number of nitrogens with zero attached hydrogens (tertiary/aromatic N) is 3. The normalized spacial score (nSPS) is 16.1. The monoisotopic (exact) mass is 443 g/mol. The summed E-state index contributed by atoms with van der Waals surface area (Å²) in [5, 5.41) is 10.0. The van der Waals surface area contributed by atoms with Crippen molar-refractivity contribution >= 4 is 12.0 Å². The van der Waals surface area contributed by atoms with Crippen LogP contribution in [0.3, 0.4) is 0 Å². The molecule has 1 fully saturated rings. The fourth-order valence-corrected chi connectivity index (χ4v) is 3.82. The summed E-state index contributed by atoms with van der Waals surface area (Å²) in [6, 6.07) is 3.59. The van der Waals surface area contributed by atoms with Gasteiger partial charge < -0.3 is 19.9 Å². The maximum Gasteiger partial charge on any atom is 0.408 e. The molecule has 1 aliphatic carbocycles. The zero-order chi connectivity index (χ0) is 23.0. The number of alkyl carbamates (subject to hydrolysis) is 1. The third-order valence-corrected chi connectivity index (χ3v) is 5.42. The van der Waals surface area contributed by atoms with Gasteiger partial charge in [-0.2, -0.15) is 4.98 Å². The van der Waals surface area contributed by atoms with Crippen LogP contribution in [0.5, 0.6) is 0 Å². The van der Waals surface area contributed by atoms with Crippen LogP contribution in [0, 0.1) is 0 Å². The van der Waals surface area contributed by atoms with Crippen LogP contribution in [-0.2, 0) is 16.0 Å². The highest BCUT2D eigenvalue weighted by atomic mass is 16.6. The molecule has 2 amide bonds. The lowest BCUT2D eigenvalue weighted by molar-refractivity contribution is -0.121. The van der Waals surface area contributed by atoms with Crippen molar-refractivity contribution in [1.29, 1.82) is 0 Å². The molecule has 0 aromatic carbocycles. The Balaban J connectivity index is 1.53. The molecule has 174 valence electrons.